The molecule has 6 heteroatoms. The van der Waals surface area contributed by atoms with Crippen molar-refractivity contribution in [1.29, 1.82) is 0 Å². The molecule has 0 bridgehead atoms. The van der Waals surface area contributed by atoms with Crippen molar-refractivity contribution in [2.24, 2.45) is 0 Å². The molecule has 0 saturated heterocycles. The van der Waals surface area contributed by atoms with Crippen LogP contribution in [0.2, 0.25) is 0 Å². The number of carbonyl (C=O) groups excluding carboxylic acids is 1. The van der Waals surface area contributed by atoms with Gasteiger partial charge < -0.3 is 0 Å². The van der Waals surface area contributed by atoms with Crippen molar-refractivity contribution in [2.75, 3.05) is 5.75 Å². The maximum absolute atomic E-state index is 13.3. The number of hydrogen-bond acceptors (Lipinski definition) is 5. The van der Waals surface area contributed by atoms with Crippen LogP contribution in [0.15, 0.2) is 70.6 Å². The van der Waals surface area contributed by atoms with Gasteiger partial charge in [-0.25, -0.2) is 4.98 Å². The molecule has 28 heavy (non-hydrogen) atoms. The molecule has 0 fully saturated rings. The zero-order valence-electron chi connectivity index (χ0n) is 15.5. The Balaban J connectivity index is 1.93. The molecule has 0 spiro atoms. The summed E-state index contributed by atoms with van der Waals surface area (Å²) in [5.74, 6) is 0.323. The second kappa shape index (κ2) is 7.73. The van der Waals surface area contributed by atoms with E-state index in [2.05, 4.69) is 6.07 Å². The number of nitrogens with zero attached hydrogens (tertiary/aromatic N) is 2. The summed E-state index contributed by atoms with van der Waals surface area (Å²) in [7, 11) is 0. The standard InChI is InChI=1S/C22H18N2O2S2/c1-14-7-6-8-16(11-14)19-12-18-20(28-19)21(26)24(17-9-4-3-5-10-17)22(23-18)27-13-15(2)25/h3-12H,13H2,1-2H3. The summed E-state index contributed by atoms with van der Waals surface area (Å²) in [6.07, 6.45) is 0. The number of thioether (sulfide) groups is 1. The van der Waals surface area contributed by atoms with E-state index in [0.29, 0.717) is 15.4 Å². The number of Topliss-reactive ketones (excluding diaryl/α,β-unsaturated/α-hetero) is 1. The van der Waals surface area contributed by atoms with Gasteiger partial charge in [0.15, 0.2) is 5.16 Å². The van der Waals surface area contributed by atoms with E-state index in [1.54, 1.807) is 4.57 Å². The minimum absolute atomic E-state index is 0.0460. The van der Waals surface area contributed by atoms with Gasteiger partial charge in [-0.15, -0.1) is 11.3 Å². The molecular formula is C22H18N2O2S2. The Morgan fingerprint density at radius 3 is 2.61 bits per heavy atom. The fraction of sp³-hybridized carbons (Fsp3) is 0.136. The van der Waals surface area contributed by atoms with Crippen molar-refractivity contribution in [3.63, 3.8) is 0 Å². The lowest BCUT2D eigenvalue weighted by atomic mass is 10.1. The van der Waals surface area contributed by atoms with E-state index in [1.807, 2.05) is 61.5 Å². The van der Waals surface area contributed by atoms with Crippen LogP contribution in [-0.2, 0) is 4.79 Å². The highest BCUT2D eigenvalue weighted by molar-refractivity contribution is 7.99. The Hall–Kier alpha value is -2.70. The van der Waals surface area contributed by atoms with Gasteiger partial charge in [-0.2, -0.15) is 0 Å². The predicted molar refractivity (Wildman–Crippen MR) is 117 cm³/mol. The highest BCUT2D eigenvalue weighted by Crippen LogP contribution is 2.33. The number of fused-ring (bicyclic) bond motifs is 1. The predicted octanol–water partition coefficient (Wildman–Crippen LogP) is 5.10. The highest BCUT2D eigenvalue weighted by atomic mass is 32.2. The average molecular weight is 407 g/mol. The Kier molecular flexibility index (Phi) is 5.15. The second-order valence-corrected chi connectivity index (χ2v) is 8.55. The third kappa shape index (κ3) is 3.66. The van der Waals surface area contributed by atoms with Gasteiger partial charge in [-0.05, 0) is 37.6 Å². The Morgan fingerprint density at radius 2 is 1.89 bits per heavy atom. The number of ketones is 1. The Bertz CT molecular complexity index is 1230. The van der Waals surface area contributed by atoms with Crippen LogP contribution in [0.25, 0.3) is 26.3 Å². The topological polar surface area (TPSA) is 52.0 Å². The van der Waals surface area contributed by atoms with Gasteiger partial charge in [0.2, 0.25) is 0 Å². The first-order valence-corrected chi connectivity index (χ1v) is 10.6. The van der Waals surface area contributed by atoms with Crippen LogP contribution in [-0.4, -0.2) is 21.1 Å². The summed E-state index contributed by atoms with van der Waals surface area (Å²) in [4.78, 5) is 30.6. The van der Waals surface area contributed by atoms with E-state index in [0.717, 1.165) is 16.1 Å². The fourth-order valence-corrected chi connectivity index (χ4v) is 4.80. The Morgan fingerprint density at radius 1 is 1.11 bits per heavy atom. The van der Waals surface area contributed by atoms with Gasteiger partial charge in [0, 0.05) is 4.88 Å². The van der Waals surface area contributed by atoms with Crippen molar-refractivity contribution >= 4 is 39.1 Å². The van der Waals surface area contributed by atoms with Gasteiger partial charge in [-0.1, -0.05) is 59.8 Å². The number of thiophene rings is 1. The lowest BCUT2D eigenvalue weighted by molar-refractivity contribution is -0.114. The number of benzene rings is 2. The summed E-state index contributed by atoms with van der Waals surface area (Å²) in [6, 6.07) is 19.6. The number of hydrogen-bond donors (Lipinski definition) is 0. The molecule has 0 radical (unpaired) electrons. The van der Waals surface area contributed by atoms with E-state index in [4.69, 9.17) is 4.98 Å². The van der Waals surface area contributed by atoms with Crippen LogP contribution >= 0.6 is 23.1 Å². The lowest BCUT2D eigenvalue weighted by Crippen LogP contribution is -2.21. The first-order chi connectivity index (χ1) is 13.5. The lowest BCUT2D eigenvalue weighted by Gasteiger charge is -2.11. The third-order valence-corrected chi connectivity index (χ3v) is 6.48. The molecule has 2 heterocycles. The molecule has 140 valence electrons. The summed E-state index contributed by atoms with van der Waals surface area (Å²) < 4.78 is 2.22. The quantitative estimate of drug-likeness (QED) is 0.342. The molecule has 4 rings (SSSR count). The van der Waals surface area contributed by atoms with E-state index in [9.17, 15) is 9.59 Å². The summed E-state index contributed by atoms with van der Waals surface area (Å²) in [5, 5.41) is 0.535. The first-order valence-electron chi connectivity index (χ1n) is 8.84. The zero-order valence-corrected chi connectivity index (χ0v) is 17.1. The molecule has 2 aromatic heterocycles. The largest absolute Gasteiger partial charge is 0.299 e. The van der Waals surface area contributed by atoms with Crippen molar-refractivity contribution in [3.05, 3.63) is 76.6 Å². The Labute approximate surface area is 170 Å². The van der Waals surface area contributed by atoms with E-state index in [-0.39, 0.29) is 17.1 Å². The molecule has 0 amide bonds. The minimum Gasteiger partial charge on any atom is -0.299 e. The van der Waals surface area contributed by atoms with E-state index < -0.39 is 0 Å². The molecule has 0 atom stereocenters. The average Bonchev–Trinajstić information content (AvgIpc) is 3.12. The minimum atomic E-state index is -0.105. The SMILES string of the molecule is CC(=O)CSc1nc2cc(-c3cccc(C)c3)sc2c(=O)n1-c1ccccc1. The van der Waals surface area contributed by atoms with Crippen LogP contribution in [0, 0.1) is 6.92 Å². The van der Waals surface area contributed by atoms with Gasteiger partial charge in [0.25, 0.3) is 5.56 Å². The van der Waals surface area contributed by atoms with Gasteiger partial charge >= 0.3 is 0 Å². The van der Waals surface area contributed by atoms with Crippen LogP contribution in [0.3, 0.4) is 0 Å². The van der Waals surface area contributed by atoms with Crippen LogP contribution in [0.1, 0.15) is 12.5 Å². The zero-order chi connectivity index (χ0) is 19.7. The molecule has 0 saturated carbocycles. The number of carbonyl (C=O) groups is 1. The molecule has 0 unspecified atom stereocenters. The van der Waals surface area contributed by atoms with Gasteiger partial charge in [0.05, 0.1) is 17.0 Å². The molecule has 4 aromatic rings. The van der Waals surface area contributed by atoms with Crippen LogP contribution in [0.5, 0.6) is 0 Å². The van der Waals surface area contributed by atoms with Gasteiger partial charge in [0.1, 0.15) is 10.5 Å². The molecule has 0 aliphatic heterocycles. The third-order valence-electron chi connectivity index (χ3n) is 4.24. The number of rotatable bonds is 5. The van der Waals surface area contributed by atoms with Crippen molar-refractivity contribution in [2.45, 2.75) is 19.0 Å². The van der Waals surface area contributed by atoms with Crippen molar-refractivity contribution < 1.29 is 4.79 Å². The molecule has 2 aromatic carbocycles. The molecular weight excluding hydrogens is 388 g/mol. The second-order valence-electron chi connectivity index (χ2n) is 6.56. The van der Waals surface area contributed by atoms with Crippen LogP contribution in [0.4, 0.5) is 0 Å². The van der Waals surface area contributed by atoms with Gasteiger partial charge in [-0.3, -0.25) is 14.2 Å². The van der Waals surface area contributed by atoms with Crippen molar-refractivity contribution in [3.8, 4) is 16.1 Å². The fourth-order valence-electron chi connectivity index (χ4n) is 2.97. The van der Waals surface area contributed by atoms with E-state index >= 15 is 0 Å². The van der Waals surface area contributed by atoms with Crippen molar-refractivity contribution in [1.82, 2.24) is 9.55 Å². The number of aromatic nitrogens is 2. The molecule has 0 aliphatic carbocycles. The monoisotopic (exact) mass is 406 g/mol. The van der Waals surface area contributed by atoms with E-state index in [1.165, 1.54) is 35.6 Å². The normalized spacial score (nSPS) is 11.1. The first kappa shape index (κ1) is 18.7. The smallest absolute Gasteiger partial charge is 0.276 e. The summed E-state index contributed by atoms with van der Waals surface area (Å²) in [5.41, 5.74) is 3.56. The number of aryl methyl sites for hydroxylation is 1. The molecule has 0 N–H and O–H groups in total. The maximum atomic E-state index is 13.3. The number of para-hydroxylation sites is 1. The van der Waals surface area contributed by atoms with Crippen LogP contribution < -0.4 is 5.56 Å². The maximum Gasteiger partial charge on any atom is 0.276 e. The molecule has 0 aliphatic rings. The highest BCUT2D eigenvalue weighted by Gasteiger charge is 2.17. The molecule has 4 nitrogen and oxygen atoms in total. The summed E-state index contributed by atoms with van der Waals surface area (Å²) in [6.45, 7) is 3.59. The summed E-state index contributed by atoms with van der Waals surface area (Å²) >= 11 is 2.75.